The van der Waals surface area contributed by atoms with Crippen LogP contribution in [0.5, 0.6) is 0 Å². The summed E-state index contributed by atoms with van der Waals surface area (Å²) in [7, 11) is -3.37. The summed E-state index contributed by atoms with van der Waals surface area (Å²) in [5, 5.41) is 0. The molecule has 0 spiro atoms. The van der Waals surface area contributed by atoms with Gasteiger partial charge in [0, 0.05) is 12.6 Å². The van der Waals surface area contributed by atoms with Crippen LogP contribution in [0, 0.1) is 20.8 Å². The number of rotatable bonds is 3. The predicted molar refractivity (Wildman–Crippen MR) is 82.5 cm³/mol. The largest absolute Gasteiger partial charge is 0.243 e. The Bertz CT molecular complexity index is 569. The molecule has 1 atom stereocenters. The van der Waals surface area contributed by atoms with Crippen LogP contribution in [0.4, 0.5) is 0 Å². The molecule has 1 aliphatic heterocycles. The van der Waals surface area contributed by atoms with E-state index in [4.69, 9.17) is 0 Å². The van der Waals surface area contributed by atoms with E-state index in [0.29, 0.717) is 11.4 Å². The van der Waals surface area contributed by atoms with Crippen molar-refractivity contribution in [1.82, 2.24) is 4.31 Å². The van der Waals surface area contributed by atoms with E-state index in [1.54, 1.807) is 4.31 Å². The highest BCUT2D eigenvalue weighted by Crippen LogP contribution is 2.30. The molecule has 4 heteroatoms. The van der Waals surface area contributed by atoms with Gasteiger partial charge < -0.3 is 0 Å². The van der Waals surface area contributed by atoms with Gasteiger partial charge in [-0.05, 0) is 51.2 Å². The van der Waals surface area contributed by atoms with E-state index >= 15 is 0 Å². The van der Waals surface area contributed by atoms with E-state index in [9.17, 15) is 8.42 Å². The van der Waals surface area contributed by atoms with Crippen molar-refractivity contribution in [2.75, 3.05) is 6.54 Å². The molecule has 1 aliphatic rings. The summed E-state index contributed by atoms with van der Waals surface area (Å²) in [6, 6.07) is 4.09. The SMILES string of the molecule is CC[C@@H]1CCCCN1S(=O)(=O)c1c(C)cc(C)cc1C. The molecule has 0 radical (unpaired) electrons. The van der Waals surface area contributed by atoms with Crippen LogP contribution < -0.4 is 0 Å². The first-order valence-corrected chi connectivity index (χ1v) is 8.91. The lowest BCUT2D eigenvalue weighted by Gasteiger charge is -2.34. The molecule has 1 fully saturated rings. The monoisotopic (exact) mass is 295 g/mol. The third-order valence-corrected chi connectivity index (χ3v) is 6.47. The van der Waals surface area contributed by atoms with E-state index in [-0.39, 0.29) is 6.04 Å². The fourth-order valence-corrected chi connectivity index (χ4v) is 5.57. The Morgan fingerprint density at radius 2 is 1.75 bits per heavy atom. The highest BCUT2D eigenvalue weighted by Gasteiger charge is 2.34. The van der Waals surface area contributed by atoms with Gasteiger partial charge >= 0.3 is 0 Å². The average molecular weight is 295 g/mol. The molecule has 0 bridgehead atoms. The molecule has 1 aromatic rings. The summed E-state index contributed by atoms with van der Waals surface area (Å²) in [6.45, 7) is 8.54. The molecule has 112 valence electrons. The summed E-state index contributed by atoms with van der Waals surface area (Å²) in [5.41, 5.74) is 2.84. The van der Waals surface area contributed by atoms with Gasteiger partial charge in [0.15, 0.2) is 0 Å². The van der Waals surface area contributed by atoms with Crippen molar-refractivity contribution < 1.29 is 8.42 Å². The van der Waals surface area contributed by atoms with E-state index in [0.717, 1.165) is 42.4 Å². The zero-order valence-electron chi connectivity index (χ0n) is 12.9. The average Bonchev–Trinajstić information content (AvgIpc) is 2.37. The lowest BCUT2D eigenvalue weighted by atomic mass is 10.0. The van der Waals surface area contributed by atoms with Gasteiger partial charge in [-0.25, -0.2) is 8.42 Å². The lowest BCUT2D eigenvalue weighted by molar-refractivity contribution is 0.246. The minimum atomic E-state index is -3.37. The predicted octanol–water partition coefficient (Wildman–Crippen LogP) is 3.57. The van der Waals surface area contributed by atoms with Crippen LogP contribution in [0.25, 0.3) is 0 Å². The molecule has 0 amide bonds. The van der Waals surface area contributed by atoms with Crippen molar-refractivity contribution in [3.63, 3.8) is 0 Å². The van der Waals surface area contributed by atoms with Crippen molar-refractivity contribution in [1.29, 1.82) is 0 Å². The van der Waals surface area contributed by atoms with Crippen LogP contribution >= 0.6 is 0 Å². The van der Waals surface area contributed by atoms with Crippen LogP contribution in [-0.2, 0) is 10.0 Å². The fourth-order valence-electron chi connectivity index (χ4n) is 3.39. The van der Waals surface area contributed by atoms with E-state index in [1.165, 1.54) is 0 Å². The molecule has 20 heavy (non-hydrogen) atoms. The Morgan fingerprint density at radius 1 is 1.15 bits per heavy atom. The maximum Gasteiger partial charge on any atom is 0.243 e. The summed E-state index contributed by atoms with van der Waals surface area (Å²) in [5.74, 6) is 0. The Labute approximate surface area is 123 Å². The van der Waals surface area contributed by atoms with Crippen LogP contribution in [0.3, 0.4) is 0 Å². The molecule has 1 aromatic carbocycles. The van der Waals surface area contributed by atoms with Gasteiger partial charge in [0.2, 0.25) is 10.0 Å². The molecule has 1 heterocycles. The minimum absolute atomic E-state index is 0.161. The Morgan fingerprint density at radius 3 is 2.30 bits per heavy atom. The molecule has 1 saturated heterocycles. The highest BCUT2D eigenvalue weighted by molar-refractivity contribution is 7.89. The molecule has 0 unspecified atom stereocenters. The van der Waals surface area contributed by atoms with E-state index in [1.807, 2.05) is 32.9 Å². The number of sulfonamides is 1. The zero-order chi connectivity index (χ0) is 14.9. The van der Waals surface area contributed by atoms with Gasteiger partial charge in [-0.1, -0.05) is 31.0 Å². The minimum Gasteiger partial charge on any atom is -0.207 e. The number of hydrogen-bond donors (Lipinski definition) is 0. The number of aryl methyl sites for hydroxylation is 3. The number of benzene rings is 1. The van der Waals surface area contributed by atoms with Crippen molar-refractivity contribution in [3.05, 3.63) is 28.8 Å². The molecular formula is C16H25NO2S. The number of nitrogens with zero attached hydrogens (tertiary/aromatic N) is 1. The summed E-state index contributed by atoms with van der Waals surface area (Å²) < 4.78 is 27.8. The Balaban J connectivity index is 2.49. The van der Waals surface area contributed by atoms with E-state index in [2.05, 4.69) is 6.92 Å². The normalized spacial score (nSPS) is 21.1. The van der Waals surface area contributed by atoms with Gasteiger partial charge in [-0.2, -0.15) is 4.31 Å². The zero-order valence-corrected chi connectivity index (χ0v) is 13.8. The van der Waals surface area contributed by atoms with Crippen LogP contribution in [0.2, 0.25) is 0 Å². The molecule has 0 saturated carbocycles. The van der Waals surface area contributed by atoms with Crippen molar-refractivity contribution in [2.24, 2.45) is 0 Å². The summed E-state index contributed by atoms with van der Waals surface area (Å²) >= 11 is 0. The van der Waals surface area contributed by atoms with Crippen molar-refractivity contribution in [2.45, 2.75) is 64.3 Å². The fraction of sp³-hybridized carbons (Fsp3) is 0.625. The van der Waals surface area contributed by atoms with Gasteiger partial charge in [0.1, 0.15) is 0 Å². The maximum atomic E-state index is 13.0. The molecule has 0 aromatic heterocycles. The highest BCUT2D eigenvalue weighted by atomic mass is 32.2. The first-order chi connectivity index (χ1) is 9.37. The standard InChI is InChI=1S/C16H25NO2S/c1-5-15-8-6-7-9-17(15)20(18,19)16-13(3)10-12(2)11-14(16)4/h10-11,15H,5-9H2,1-4H3/t15-/m1/s1. The molecular weight excluding hydrogens is 270 g/mol. The maximum absolute atomic E-state index is 13.0. The second-order valence-electron chi connectivity index (χ2n) is 5.90. The van der Waals surface area contributed by atoms with Gasteiger partial charge in [-0.3, -0.25) is 0 Å². The van der Waals surface area contributed by atoms with Gasteiger partial charge in [-0.15, -0.1) is 0 Å². The van der Waals surface area contributed by atoms with Crippen LogP contribution in [0.1, 0.15) is 49.3 Å². The van der Waals surface area contributed by atoms with Crippen LogP contribution in [0.15, 0.2) is 17.0 Å². The first-order valence-electron chi connectivity index (χ1n) is 7.47. The Kier molecular flexibility index (Phi) is 4.55. The smallest absolute Gasteiger partial charge is 0.207 e. The summed E-state index contributed by atoms with van der Waals surface area (Å²) in [6.07, 6.45) is 3.99. The second-order valence-corrected chi connectivity index (χ2v) is 7.73. The molecule has 2 rings (SSSR count). The molecule has 3 nitrogen and oxygen atoms in total. The topological polar surface area (TPSA) is 37.4 Å². The summed E-state index contributed by atoms with van der Waals surface area (Å²) in [4.78, 5) is 0.517. The lowest BCUT2D eigenvalue weighted by Crippen LogP contribution is -2.43. The Hall–Kier alpha value is -0.870. The number of hydrogen-bond acceptors (Lipinski definition) is 2. The first kappa shape index (κ1) is 15.5. The third-order valence-electron chi connectivity index (χ3n) is 4.22. The quantitative estimate of drug-likeness (QED) is 0.855. The van der Waals surface area contributed by atoms with E-state index < -0.39 is 10.0 Å². The van der Waals surface area contributed by atoms with Gasteiger partial charge in [0.25, 0.3) is 0 Å². The van der Waals surface area contributed by atoms with Crippen molar-refractivity contribution >= 4 is 10.0 Å². The van der Waals surface area contributed by atoms with Crippen LogP contribution in [-0.4, -0.2) is 25.3 Å². The molecule has 0 N–H and O–H groups in total. The number of piperidine rings is 1. The third kappa shape index (κ3) is 2.77. The molecule has 0 aliphatic carbocycles. The van der Waals surface area contributed by atoms with Gasteiger partial charge in [0.05, 0.1) is 4.90 Å². The second kappa shape index (κ2) is 5.86. The van der Waals surface area contributed by atoms with Crippen molar-refractivity contribution in [3.8, 4) is 0 Å².